The second-order valence-electron chi connectivity index (χ2n) is 4.98. The van der Waals surface area contributed by atoms with Gasteiger partial charge >= 0.3 is 6.18 Å². The molecule has 22 heavy (non-hydrogen) atoms. The molecule has 1 nitrogen and oxygen atoms in total. The molecule has 0 amide bonds. The minimum Gasteiger partial charge on any atom is -0.236 e. The molecule has 0 bridgehead atoms. The van der Waals surface area contributed by atoms with E-state index in [2.05, 4.69) is 4.98 Å². The summed E-state index contributed by atoms with van der Waals surface area (Å²) in [4.78, 5) is 4.52. The number of alkyl halides is 3. The van der Waals surface area contributed by atoms with Gasteiger partial charge in [0.1, 0.15) is 5.01 Å². The average molecular weight is 319 g/mol. The molecule has 0 aliphatic carbocycles. The second kappa shape index (κ2) is 5.57. The molecule has 0 unspecified atom stereocenters. The monoisotopic (exact) mass is 319 g/mol. The van der Waals surface area contributed by atoms with E-state index in [1.165, 1.54) is 23.5 Å². The molecule has 3 aromatic rings. The molecule has 112 valence electrons. The Morgan fingerprint density at radius 2 is 1.68 bits per heavy atom. The van der Waals surface area contributed by atoms with E-state index in [1.807, 2.05) is 36.6 Å². The molecule has 0 saturated carbocycles. The van der Waals surface area contributed by atoms with Gasteiger partial charge in [-0.05, 0) is 25.1 Å². The Morgan fingerprint density at radius 3 is 2.32 bits per heavy atom. The van der Waals surface area contributed by atoms with Gasteiger partial charge in [-0.1, -0.05) is 35.9 Å². The van der Waals surface area contributed by atoms with Gasteiger partial charge in [0.2, 0.25) is 0 Å². The summed E-state index contributed by atoms with van der Waals surface area (Å²) in [5.41, 5.74) is 2.88. The fourth-order valence-corrected chi connectivity index (χ4v) is 2.97. The van der Waals surface area contributed by atoms with Crippen molar-refractivity contribution >= 4 is 11.3 Å². The van der Waals surface area contributed by atoms with Crippen LogP contribution in [-0.4, -0.2) is 4.98 Å². The fraction of sp³-hybridized carbons (Fsp3) is 0.118. The summed E-state index contributed by atoms with van der Waals surface area (Å²) < 4.78 is 37.7. The maximum atomic E-state index is 12.6. The molecular formula is C17H12F3NS. The zero-order valence-electron chi connectivity index (χ0n) is 11.7. The highest BCUT2D eigenvalue weighted by atomic mass is 32.1. The molecule has 0 saturated heterocycles. The molecule has 0 spiro atoms. The number of thiazole rings is 1. The van der Waals surface area contributed by atoms with Crippen LogP contribution >= 0.6 is 11.3 Å². The lowest BCUT2D eigenvalue weighted by atomic mass is 10.1. The van der Waals surface area contributed by atoms with Crippen molar-refractivity contribution in [2.45, 2.75) is 13.1 Å². The number of aryl methyl sites for hydroxylation is 1. The Hall–Kier alpha value is -2.14. The van der Waals surface area contributed by atoms with Crippen LogP contribution in [0.5, 0.6) is 0 Å². The standard InChI is InChI=1S/C17H12F3NS/c1-11-3-2-4-13(9-11)16-21-15(10-22-16)12-5-7-14(8-6-12)17(18,19)20/h2-10H,1H3. The lowest BCUT2D eigenvalue weighted by Gasteiger charge is -2.06. The number of halogens is 3. The lowest BCUT2D eigenvalue weighted by molar-refractivity contribution is -0.137. The molecule has 5 heteroatoms. The van der Waals surface area contributed by atoms with Gasteiger partial charge in [0.25, 0.3) is 0 Å². The molecular weight excluding hydrogens is 307 g/mol. The molecule has 0 aliphatic heterocycles. The molecule has 0 atom stereocenters. The Labute approximate surface area is 130 Å². The van der Waals surface area contributed by atoms with Crippen LogP contribution in [0.25, 0.3) is 21.8 Å². The molecule has 0 fully saturated rings. The fourth-order valence-electron chi connectivity index (χ4n) is 2.15. The average Bonchev–Trinajstić information content (AvgIpc) is 2.96. The van der Waals surface area contributed by atoms with Gasteiger partial charge in [0.05, 0.1) is 11.3 Å². The van der Waals surface area contributed by atoms with Gasteiger partial charge in [-0.2, -0.15) is 13.2 Å². The van der Waals surface area contributed by atoms with Crippen LogP contribution in [0.15, 0.2) is 53.9 Å². The van der Waals surface area contributed by atoms with E-state index in [-0.39, 0.29) is 0 Å². The van der Waals surface area contributed by atoms with Crippen molar-refractivity contribution in [3.05, 3.63) is 65.0 Å². The summed E-state index contributed by atoms with van der Waals surface area (Å²) in [6.45, 7) is 2.01. The smallest absolute Gasteiger partial charge is 0.236 e. The maximum absolute atomic E-state index is 12.6. The maximum Gasteiger partial charge on any atom is 0.416 e. The Balaban J connectivity index is 1.91. The molecule has 1 aromatic heterocycles. The predicted octanol–water partition coefficient (Wildman–Crippen LogP) is 5.80. The highest BCUT2D eigenvalue weighted by molar-refractivity contribution is 7.13. The first-order valence-electron chi connectivity index (χ1n) is 6.64. The minimum absolute atomic E-state index is 0.648. The van der Waals surface area contributed by atoms with Crippen LogP contribution in [0.3, 0.4) is 0 Å². The third-order valence-corrected chi connectivity index (χ3v) is 4.17. The lowest BCUT2D eigenvalue weighted by Crippen LogP contribution is -2.03. The number of benzene rings is 2. The summed E-state index contributed by atoms with van der Waals surface area (Å²) in [6, 6.07) is 13.1. The van der Waals surface area contributed by atoms with Gasteiger partial charge < -0.3 is 0 Å². The Bertz CT molecular complexity index is 788. The summed E-state index contributed by atoms with van der Waals surface area (Å²) in [7, 11) is 0. The summed E-state index contributed by atoms with van der Waals surface area (Å²) in [6.07, 6.45) is -4.31. The van der Waals surface area contributed by atoms with Crippen molar-refractivity contribution in [1.29, 1.82) is 0 Å². The Kier molecular flexibility index (Phi) is 3.74. The van der Waals surface area contributed by atoms with E-state index in [4.69, 9.17) is 0 Å². The van der Waals surface area contributed by atoms with E-state index >= 15 is 0 Å². The first-order chi connectivity index (χ1) is 10.4. The molecule has 3 rings (SSSR count). The summed E-state index contributed by atoms with van der Waals surface area (Å²) >= 11 is 1.48. The molecule has 1 heterocycles. The van der Waals surface area contributed by atoms with Crippen LogP contribution < -0.4 is 0 Å². The SMILES string of the molecule is Cc1cccc(-c2nc(-c3ccc(C(F)(F)F)cc3)cs2)c1. The van der Waals surface area contributed by atoms with Crippen LogP contribution in [-0.2, 0) is 6.18 Å². The van der Waals surface area contributed by atoms with E-state index in [9.17, 15) is 13.2 Å². The molecule has 2 aromatic carbocycles. The molecule has 0 N–H and O–H groups in total. The summed E-state index contributed by atoms with van der Waals surface area (Å²) in [5, 5.41) is 2.72. The Morgan fingerprint density at radius 1 is 0.955 bits per heavy atom. The van der Waals surface area contributed by atoms with Gasteiger partial charge in [0.15, 0.2) is 0 Å². The first-order valence-corrected chi connectivity index (χ1v) is 7.52. The third kappa shape index (κ3) is 3.04. The highest BCUT2D eigenvalue weighted by Gasteiger charge is 2.30. The van der Waals surface area contributed by atoms with Crippen molar-refractivity contribution in [2.75, 3.05) is 0 Å². The number of hydrogen-bond acceptors (Lipinski definition) is 2. The van der Waals surface area contributed by atoms with Gasteiger partial charge in [-0.3, -0.25) is 0 Å². The van der Waals surface area contributed by atoms with Crippen molar-refractivity contribution in [2.24, 2.45) is 0 Å². The number of aromatic nitrogens is 1. The zero-order chi connectivity index (χ0) is 15.7. The van der Waals surface area contributed by atoms with Crippen molar-refractivity contribution in [3.8, 4) is 21.8 Å². The number of nitrogens with zero attached hydrogens (tertiary/aromatic N) is 1. The predicted molar refractivity (Wildman–Crippen MR) is 82.7 cm³/mol. The normalized spacial score (nSPS) is 11.6. The van der Waals surface area contributed by atoms with Crippen molar-refractivity contribution in [3.63, 3.8) is 0 Å². The van der Waals surface area contributed by atoms with Crippen LogP contribution in [0.1, 0.15) is 11.1 Å². The van der Waals surface area contributed by atoms with E-state index in [0.717, 1.165) is 28.3 Å². The van der Waals surface area contributed by atoms with Crippen molar-refractivity contribution < 1.29 is 13.2 Å². The quantitative estimate of drug-likeness (QED) is 0.581. The van der Waals surface area contributed by atoms with Crippen LogP contribution in [0.2, 0.25) is 0 Å². The number of rotatable bonds is 2. The minimum atomic E-state index is -4.31. The highest BCUT2D eigenvalue weighted by Crippen LogP contribution is 2.32. The van der Waals surface area contributed by atoms with E-state index in [0.29, 0.717) is 11.3 Å². The van der Waals surface area contributed by atoms with E-state index in [1.54, 1.807) is 0 Å². The van der Waals surface area contributed by atoms with Crippen molar-refractivity contribution in [1.82, 2.24) is 4.98 Å². The molecule has 0 radical (unpaired) electrons. The van der Waals surface area contributed by atoms with Gasteiger partial charge in [0, 0.05) is 16.5 Å². The first kappa shape index (κ1) is 14.8. The topological polar surface area (TPSA) is 12.9 Å². The van der Waals surface area contributed by atoms with E-state index < -0.39 is 11.7 Å². The van der Waals surface area contributed by atoms with Gasteiger partial charge in [-0.25, -0.2) is 4.98 Å². The van der Waals surface area contributed by atoms with Crippen LogP contribution in [0.4, 0.5) is 13.2 Å². The third-order valence-electron chi connectivity index (χ3n) is 3.28. The largest absolute Gasteiger partial charge is 0.416 e. The molecule has 0 aliphatic rings. The summed E-state index contributed by atoms with van der Waals surface area (Å²) in [5.74, 6) is 0. The second-order valence-corrected chi connectivity index (χ2v) is 5.84. The zero-order valence-corrected chi connectivity index (χ0v) is 12.5. The van der Waals surface area contributed by atoms with Crippen LogP contribution in [0, 0.1) is 6.92 Å². The number of hydrogen-bond donors (Lipinski definition) is 0. The van der Waals surface area contributed by atoms with Gasteiger partial charge in [-0.15, -0.1) is 11.3 Å².